The van der Waals surface area contributed by atoms with Crippen LogP contribution in [0.3, 0.4) is 0 Å². The van der Waals surface area contributed by atoms with Crippen LogP contribution >= 0.6 is 0 Å². The van der Waals surface area contributed by atoms with Crippen LogP contribution in [-0.4, -0.2) is 32.1 Å². The van der Waals surface area contributed by atoms with Crippen molar-refractivity contribution in [2.75, 3.05) is 6.54 Å². The third kappa shape index (κ3) is 3.29. The minimum atomic E-state index is -3.78. The van der Waals surface area contributed by atoms with E-state index in [9.17, 15) is 17.2 Å². The molecule has 106 valence electrons. The maximum absolute atomic E-state index is 12.4. The maximum atomic E-state index is 12.4. The Hall–Kier alpha value is -1.05. The molecule has 1 aliphatic heterocycles. The first-order valence-corrected chi connectivity index (χ1v) is 7.46. The SMILES string of the molecule is O=S(=O)(c1ccccc1)N1CCCCC1OC(F)F. The second kappa shape index (κ2) is 5.94. The van der Waals surface area contributed by atoms with Gasteiger partial charge in [-0.25, -0.2) is 8.42 Å². The van der Waals surface area contributed by atoms with Crippen LogP contribution in [0, 0.1) is 0 Å². The number of rotatable bonds is 4. The molecule has 1 unspecified atom stereocenters. The molecule has 7 heteroatoms. The Kier molecular flexibility index (Phi) is 4.49. The van der Waals surface area contributed by atoms with Crippen molar-refractivity contribution in [3.05, 3.63) is 30.3 Å². The summed E-state index contributed by atoms with van der Waals surface area (Å²) in [7, 11) is -3.78. The second-order valence-corrected chi connectivity index (χ2v) is 6.17. The van der Waals surface area contributed by atoms with Crippen LogP contribution in [0.25, 0.3) is 0 Å². The van der Waals surface area contributed by atoms with Crippen molar-refractivity contribution < 1.29 is 21.9 Å². The number of nitrogens with zero attached hydrogens (tertiary/aromatic N) is 1. The quantitative estimate of drug-likeness (QED) is 0.856. The van der Waals surface area contributed by atoms with Crippen molar-refractivity contribution in [2.24, 2.45) is 0 Å². The molecule has 0 saturated carbocycles. The highest BCUT2D eigenvalue weighted by Gasteiger charge is 2.35. The lowest BCUT2D eigenvalue weighted by atomic mass is 10.1. The molecule has 1 aliphatic rings. The molecule has 0 amide bonds. The lowest BCUT2D eigenvalue weighted by Gasteiger charge is -2.33. The van der Waals surface area contributed by atoms with Gasteiger partial charge in [0.1, 0.15) is 6.23 Å². The predicted molar refractivity (Wildman–Crippen MR) is 65.1 cm³/mol. The zero-order chi connectivity index (χ0) is 13.9. The third-order valence-electron chi connectivity index (χ3n) is 3.01. The van der Waals surface area contributed by atoms with E-state index in [2.05, 4.69) is 4.74 Å². The number of piperidine rings is 1. The molecule has 0 aliphatic carbocycles. The fraction of sp³-hybridized carbons (Fsp3) is 0.500. The largest absolute Gasteiger partial charge is 0.346 e. The fourth-order valence-electron chi connectivity index (χ4n) is 2.13. The molecule has 1 aromatic rings. The van der Waals surface area contributed by atoms with Gasteiger partial charge >= 0.3 is 6.61 Å². The molecule has 1 fully saturated rings. The lowest BCUT2D eigenvalue weighted by Crippen LogP contribution is -2.45. The van der Waals surface area contributed by atoms with Crippen molar-refractivity contribution in [3.8, 4) is 0 Å². The molecule has 1 aromatic carbocycles. The van der Waals surface area contributed by atoms with Gasteiger partial charge in [-0.1, -0.05) is 18.2 Å². The summed E-state index contributed by atoms with van der Waals surface area (Å²) in [6, 6.07) is 7.79. The average Bonchev–Trinajstić information content (AvgIpc) is 2.39. The van der Waals surface area contributed by atoms with E-state index in [4.69, 9.17) is 0 Å². The Balaban J connectivity index is 2.26. The van der Waals surface area contributed by atoms with Gasteiger partial charge in [0.15, 0.2) is 0 Å². The van der Waals surface area contributed by atoms with Crippen LogP contribution in [0.2, 0.25) is 0 Å². The number of hydrogen-bond donors (Lipinski definition) is 0. The molecule has 1 saturated heterocycles. The number of ether oxygens (including phenoxy) is 1. The Morgan fingerprint density at radius 1 is 1.21 bits per heavy atom. The first-order valence-electron chi connectivity index (χ1n) is 6.02. The molecule has 0 aromatic heterocycles. The minimum absolute atomic E-state index is 0.0970. The molecule has 19 heavy (non-hydrogen) atoms. The van der Waals surface area contributed by atoms with Crippen LogP contribution in [0.15, 0.2) is 35.2 Å². The summed E-state index contributed by atoms with van der Waals surface area (Å²) in [4.78, 5) is 0.0970. The first kappa shape index (κ1) is 14.4. The monoisotopic (exact) mass is 291 g/mol. The Bertz CT molecular complexity index is 507. The first-order chi connectivity index (χ1) is 9.01. The highest BCUT2D eigenvalue weighted by molar-refractivity contribution is 7.89. The highest BCUT2D eigenvalue weighted by atomic mass is 32.2. The van der Waals surface area contributed by atoms with Gasteiger partial charge in [-0.3, -0.25) is 0 Å². The number of halogens is 2. The predicted octanol–water partition coefficient (Wildman–Crippen LogP) is 2.43. The smallest absolute Gasteiger partial charge is 0.303 e. The molecule has 0 N–H and O–H groups in total. The van der Waals surface area contributed by atoms with Crippen LogP contribution < -0.4 is 0 Å². The Labute approximate surface area is 111 Å². The van der Waals surface area contributed by atoms with E-state index in [1.807, 2.05) is 0 Å². The summed E-state index contributed by atoms with van der Waals surface area (Å²) in [5.74, 6) is 0. The molecular formula is C12H15F2NO3S. The molecule has 0 radical (unpaired) electrons. The normalized spacial score (nSPS) is 21.7. The maximum Gasteiger partial charge on any atom is 0.346 e. The van der Waals surface area contributed by atoms with Crippen LogP contribution in [0.1, 0.15) is 19.3 Å². The molecular weight excluding hydrogens is 276 g/mol. The number of hydrogen-bond acceptors (Lipinski definition) is 3. The lowest BCUT2D eigenvalue weighted by molar-refractivity contribution is -0.195. The van der Waals surface area contributed by atoms with E-state index in [1.54, 1.807) is 18.2 Å². The van der Waals surface area contributed by atoms with Crippen molar-refractivity contribution in [1.29, 1.82) is 0 Å². The van der Waals surface area contributed by atoms with E-state index in [1.165, 1.54) is 12.1 Å². The standard InChI is InChI=1S/C12H15F2NO3S/c13-12(14)18-11-8-4-5-9-15(11)19(16,17)10-6-2-1-3-7-10/h1-3,6-7,11-12H,4-5,8-9H2. The van der Waals surface area contributed by atoms with Gasteiger partial charge in [0.25, 0.3) is 0 Å². The van der Waals surface area contributed by atoms with E-state index >= 15 is 0 Å². The van der Waals surface area contributed by atoms with E-state index in [-0.39, 0.29) is 17.9 Å². The summed E-state index contributed by atoms with van der Waals surface area (Å²) < 4.78 is 54.9. The van der Waals surface area contributed by atoms with Gasteiger partial charge in [0.05, 0.1) is 4.90 Å². The number of alkyl halides is 2. The summed E-state index contributed by atoms with van der Waals surface area (Å²) in [5, 5.41) is 0. The molecule has 1 atom stereocenters. The number of benzene rings is 1. The van der Waals surface area contributed by atoms with Crippen molar-refractivity contribution in [2.45, 2.75) is 37.0 Å². The van der Waals surface area contributed by atoms with Crippen molar-refractivity contribution in [3.63, 3.8) is 0 Å². The zero-order valence-electron chi connectivity index (χ0n) is 10.2. The highest BCUT2D eigenvalue weighted by Crippen LogP contribution is 2.26. The van der Waals surface area contributed by atoms with Gasteiger partial charge in [-0.2, -0.15) is 13.1 Å². The van der Waals surface area contributed by atoms with Crippen molar-refractivity contribution in [1.82, 2.24) is 4.31 Å². The second-order valence-electron chi connectivity index (χ2n) is 4.28. The summed E-state index contributed by atoms with van der Waals surface area (Å²) in [6.45, 7) is -2.77. The minimum Gasteiger partial charge on any atom is -0.303 e. The van der Waals surface area contributed by atoms with E-state index in [0.29, 0.717) is 12.8 Å². The van der Waals surface area contributed by atoms with E-state index < -0.39 is 22.9 Å². The zero-order valence-corrected chi connectivity index (χ0v) is 11.0. The van der Waals surface area contributed by atoms with Gasteiger partial charge < -0.3 is 4.74 Å². The van der Waals surface area contributed by atoms with E-state index in [0.717, 1.165) is 4.31 Å². The van der Waals surface area contributed by atoms with Gasteiger partial charge in [-0.15, -0.1) is 0 Å². The summed E-state index contributed by atoms with van der Waals surface area (Å²) >= 11 is 0. The summed E-state index contributed by atoms with van der Waals surface area (Å²) in [5.41, 5.74) is 0. The number of sulfonamides is 1. The average molecular weight is 291 g/mol. The molecule has 0 spiro atoms. The van der Waals surface area contributed by atoms with Crippen LogP contribution in [-0.2, 0) is 14.8 Å². The van der Waals surface area contributed by atoms with Gasteiger partial charge in [0.2, 0.25) is 10.0 Å². The molecule has 4 nitrogen and oxygen atoms in total. The Morgan fingerprint density at radius 2 is 1.89 bits per heavy atom. The molecule has 1 heterocycles. The topological polar surface area (TPSA) is 46.6 Å². The Morgan fingerprint density at radius 3 is 2.53 bits per heavy atom. The van der Waals surface area contributed by atoms with Crippen LogP contribution in [0.4, 0.5) is 8.78 Å². The van der Waals surface area contributed by atoms with Crippen LogP contribution in [0.5, 0.6) is 0 Å². The summed E-state index contributed by atoms with van der Waals surface area (Å²) in [6.07, 6.45) is 0.531. The molecule has 0 bridgehead atoms. The van der Waals surface area contributed by atoms with Gasteiger partial charge in [-0.05, 0) is 31.4 Å². The third-order valence-corrected chi connectivity index (χ3v) is 4.91. The fourth-order valence-corrected chi connectivity index (χ4v) is 3.74. The van der Waals surface area contributed by atoms with Crippen molar-refractivity contribution >= 4 is 10.0 Å². The van der Waals surface area contributed by atoms with Gasteiger partial charge in [0, 0.05) is 6.54 Å². The molecule has 2 rings (SSSR count).